The minimum Gasteiger partial charge on any atom is -0.496 e. The van der Waals surface area contributed by atoms with Gasteiger partial charge in [0.2, 0.25) is 0 Å². The quantitative estimate of drug-likeness (QED) is 0.676. The van der Waals surface area contributed by atoms with Crippen LogP contribution in [0.25, 0.3) is 0 Å². The molecule has 0 spiro atoms. The van der Waals surface area contributed by atoms with Crippen LogP contribution in [0.2, 0.25) is 10.0 Å². The average molecular weight is 420 g/mol. The molecule has 0 saturated carbocycles. The minimum atomic E-state index is -0.337. The van der Waals surface area contributed by atoms with E-state index in [2.05, 4.69) is 5.32 Å². The molecule has 0 fully saturated rings. The molecule has 0 bridgehead atoms. The number of nitrogens with one attached hydrogen (secondary N) is 1. The Hall–Kier alpha value is -1.66. The molecule has 0 radical (unpaired) electrons. The molecule has 2 rings (SSSR count). The zero-order valence-corrected chi connectivity index (χ0v) is 16.9. The summed E-state index contributed by atoms with van der Waals surface area (Å²) in [5.74, 6) is 0.0225. The first kappa shape index (κ1) is 22.4. The topological polar surface area (TPSA) is 73.6 Å². The van der Waals surface area contributed by atoms with E-state index in [9.17, 15) is 4.79 Å². The lowest BCUT2D eigenvalue weighted by Crippen LogP contribution is -2.38. The van der Waals surface area contributed by atoms with Crippen molar-refractivity contribution in [2.45, 2.75) is 19.1 Å². The predicted molar refractivity (Wildman–Crippen MR) is 108 cm³/mol. The maximum atomic E-state index is 12.6. The molecule has 2 atom stereocenters. The molecule has 2 aromatic carbocycles. The lowest BCUT2D eigenvalue weighted by Gasteiger charge is -2.24. The number of amides is 1. The van der Waals surface area contributed by atoms with E-state index in [1.807, 2.05) is 19.1 Å². The maximum Gasteiger partial charge on any atom is 0.255 e. The number of hydrogen-bond donors (Lipinski definition) is 2. The fourth-order valence-corrected chi connectivity index (χ4v) is 2.85. The number of nitrogen functional groups attached to an aromatic ring is 1. The van der Waals surface area contributed by atoms with E-state index in [1.54, 1.807) is 19.2 Å². The van der Waals surface area contributed by atoms with Gasteiger partial charge in [0.05, 0.1) is 29.4 Å². The number of methoxy groups -OCH3 is 2. The van der Waals surface area contributed by atoms with Crippen molar-refractivity contribution in [1.82, 2.24) is 5.32 Å². The van der Waals surface area contributed by atoms with Gasteiger partial charge in [-0.1, -0.05) is 35.3 Å². The van der Waals surface area contributed by atoms with Gasteiger partial charge in [-0.2, -0.15) is 0 Å². The van der Waals surface area contributed by atoms with E-state index in [1.165, 1.54) is 19.2 Å². The summed E-state index contributed by atoms with van der Waals surface area (Å²) in [6.07, 6.45) is -0.337. The molecule has 0 aromatic heterocycles. The molecule has 26 heavy (non-hydrogen) atoms. The van der Waals surface area contributed by atoms with Gasteiger partial charge in [0.15, 0.2) is 0 Å². The molecule has 142 valence electrons. The highest BCUT2D eigenvalue weighted by Crippen LogP contribution is 2.29. The van der Waals surface area contributed by atoms with Crippen molar-refractivity contribution < 1.29 is 14.3 Å². The third-order valence-electron chi connectivity index (χ3n) is 3.83. The third-order valence-corrected chi connectivity index (χ3v) is 4.41. The molecule has 0 saturated heterocycles. The van der Waals surface area contributed by atoms with Crippen LogP contribution in [0.1, 0.15) is 28.9 Å². The van der Waals surface area contributed by atoms with Gasteiger partial charge in [0, 0.05) is 18.2 Å². The largest absolute Gasteiger partial charge is 0.496 e. The molecule has 1 amide bonds. The fourth-order valence-electron chi connectivity index (χ4n) is 2.56. The molecular weight excluding hydrogens is 399 g/mol. The SMILES string of the molecule is COc1cc(N)c(Cl)cc1C(=O)NC(C)C(OC)c1ccc(Cl)cc1.Cl. The van der Waals surface area contributed by atoms with Crippen molar-refractivity contribution in [1.29, 1.82) is 0 Å². The van der Waals surface area contributed by atoms with Gasteiger partial charge in [0.25, 0.3) is 5.91 Å². The summed E-state index contributed by atoms with van der Waals surface area (Å²) < 4.78 is 10.8. The summed E-state index contributed by atoms with van der Waals surface area (Å²) in [4.78, 5) is 12.6. The Morgan fingerprint density at radius 1 is 1.15 bits per heavy atom. The van der Waals surface area contributed by atoms with Crippen LogP contribution >= 0.6 is 35.6 Å². The van der Waals surface area contributed by atoms with Crippen molar-refractivity contribution in [3.8, 4) is 5.75 Å². The highest BCUT2D eigenvalue weighted by Gasteiger charge is 2.23. The number of nitrogens with two attached hydrogens (primary N) is 1. The van der Waals surface area contributed by atoms with E-state index in [4.69, 9.17) is 38.4 Å². The Kier molecular flexibility index (Phi) is 8.50. The van der Waals surface area contributed by atoms with Gasteiger partial charge in [-0.3, -0.25) is 4.79 Å². The van der Waals surface area contributed by atoms with Gasteiger partial charge >= 0.3 is 0 Å². The summed E-state index contributed by atoms with van der Waals surface area (Å²) >= 11 is 11.9. The third kappa shape index (κ3) is 5.17. The van der Waals surface area contributed by atoms with Crippen LogP contribution in [0.3, 0.4) is 0 Å². The smallest absolute Gasteiger partial charge is 0.255 e. The van der Waals surface area contributed by atoms with Gasteiger partial charge in [-0.25, -0.2) is 0 Å². The predicted octanol–water partition coefficient (Wildman–Crippen LogP) is 4.51. The molecule has 5 nitrogen and oxygen atoms in total. The summed E-state index contributed by atoms with van der Waals surface area (Å²) in [6, 6.07) is 9.98. The maximum absolute atomic E-state index is 12.6. The molecule has 0 aliphatic rings. The summed E-state index contributed by atoms with van der Waals surface area (Å²) in [5.41, 5.74) is 7.31. The first-order chi connectivity index (χ1) is 11.9. The monoisotopic (exact) mass is 418 g/mol. The lowest BCUT2D eigenvalue weighted by atomic mass is 10.0. The van der Waals surface area contributed by atoms with Crippen LogP contribution in [0.5, 0.6) is 5.75 Å². The van der Waals surface area contributed by atoms with E-state index in [0.717, 1.165) is 5.56 Å². The van der Waals surface area contributed by atoms with Crippen molar-refractivity contribution in [2.75, 3.05) is 20.0 Å². The average Bonchev–Trinajstić information content (AvgIpc) is 2.59. The molecule has 0 aliphatic carbocycles. The Bertz CT molecular complexity index is 754. The lowest BCUT2D eigenvalue weighted by molar-refractivity contribution is 0.0643. The summed E-state index contributed by atoms with van der Waals surface area (Å²) in [7, 11) is 3.05. The second-order valence-electron chi connectivity index (χ2n) is 5.54. The Morgan fingerprint density at radius 3 is 2.31 bits per heavy atom. The normalized spacial score (nSPS) is 12.7. The number of anilines is 1. The second kappa shape index (κ2) is 9.88. The first-order valence-electron chi connectivity index (χ1n) is 7.59. The number of carbonyl (C=O) groups is 1. The number of rotatable bonds is 6. The Morgan fingerprint density at radius 2 is 1.77 bits per heavy atom. The molecule has 2 aromatic rings. The van der Waals surface area contributed by atoms with Crippen LogP contribution in [0, 0.1) is 0 Å². The van der Waals surface area contributed by atoms with Crippen LogP contribution in [0.4, 0.5) is 5.69 Å². The molecule has 0 aliphatic heterocycles. The zero-order valence-electron chi connectivity index (χ0n) is 14.6. The molecular formula is C18H21Cl3N2O3. The number of hydrogen-bond acceptors (Lipinski definition) is 4. The molecule has 8 heteroatoms. The highest BCUT2D eigenvalue weighted by atomic mass is 35.5. The Balaban J connectivity index is 0.00000338. The van der Waals surface area contributed by atoms with Crippen molar-refractivity contribution >= 4 is 47.2 Å². The van der Waals surface area contributed by atoms with Gasteiger partial charge < -0.3 is 20.5 Å². The van der Waals surface area contributed by atoms with Gasteiger partial charge in [0.1, 0.15) is 11.9 Å². The minimum absolute atomic E-state index is 0. The number of benzene rings is 2. The summed E-state index contributed by atoms with van der Waals surface area (Å²) in [5, 5.41) is 3.83. The number of halogens is 3. The highest BCUT2D eigenvalue weighted by molar-refractivity contribution is 6.33. The van der Waals surface area contributed by atoms with Gasteiger partial charge in [-0.05, 0) is 30.7 Å². The second-order valence-corrected chi connectivity index (χ2v) is 6.39. The van der Waals surface area contributed by atoms with Crippen LogP contribution in [-0.4, -0.2) is 26.2 Å². The van der Waals surface area contributed by atoms with E-state index in [0.29, 0.717) is 27.0 Å². The molecule has 2 unspecified atom stereocenters. The molecule has 3 N–H and O–H groups in total. The zero-order chi connectivity index (χ0) is 18.6. The van der Waals surface area contributed by atoms with Crippen molar-refractivity contribution in [3.05, 3.63) is 57.6 Å². The number of ether oxygens (including phenoxy) is 2. The van der Waals surface area contributed by atoms with E-state index in [-0.39, 0.29) is 30.5 Å². The molecule has 0 heterocycles. The van der Waals surface area contributed by atoms with Crippen LogP contribution in [0.15, 0.2) is 36.4 Å². The first-order valence-corrected chi connectivity index (χ1v) is 8.35. The fraction of sp³-hybridized carbons (Fsp3) is 0.278. The van der Waals surface area contributed by atoms with Crippen LogP contribution in [-0.2, 0) is 4.74 Å². The van der Waals surface area contributed by atoms with E-state index >= 15 is 0 Å². The van der Waals surface area contributed by atoms with Crippen molar-refractivity contribution in [3.63, 3.8) is 0 Å². The van der Waals surface area contributed by atoms with E-state index < -0.39 is 0 Å². The van der Waals surface area contributed by atoms with Crippen molar-refractivity contribution in [2.24, 2.45) is 0 Å². The summed E-state index contributed by atoms with van der Waals surface area (Å²) in [6.45, 7) is 1.85. The standard InChI is InChI=1S/C18H20Cl2N2O3.ClH/c1-10(17(25-3)11-4-6-12(19)7-5-11)22-18(23)13-8-14(20)15(21)9-16(13)24-2;/h4-10,17H,21H2,1-3H3,(H,22,23);1H. The Labute approximate surface area is 169 Å². The van der Waals surface area contributed by atoms with Gasteiger partial charge in [-0.15, -0.1) is 12.4 Å². The van der Waals surface area contributed by atoms with Crippen LogP contribution < -0.4 is 15.8 Å². The number of carbonyl (C=O) groups excluding carboxylic acids is 1.